The summed E-state index contributed by atoms with van der Waals surface area (Å²) in [6.45, 7) is 0. The first kappa shape index (κ1) is 19.5. The SMILES string of the molecule is O=C(Nc1ccc(S(=O)(=O)C(F)F)cc1)c1cccc(Oc2ccccc2)c1. The fourth-order valence-electron chi connectivity index (χ4n) is 2.36. The molecular formula is C20H15F2NO4S. The summed E-state index contributed by atoms with van der Waals surface area (Å²) in [5.41, 5.74) is 0.588. The summed E-state index contributed by atoms with van der Waals surface area (Å²) in [5, 5.41) is 2.58. The van der Waals surface area contributed by atoms with E-state index in [2.05, 4.69) is 5.32 Å². The van der Waals surface area contributed by atoms with Gasteiger partial charge in [-0.3, -0.25) is 4.79 Å². The summed E-state index contributed by atoms with van der Waals surface area (Å²) in [6.07, 6.45) is 0. The zero-order valence-corrected chi connectivity index (χ0v) is 15.2. The number of sulfone groups is 1. The molecule has 0 atom stereocenters. The molecule has 0 unspecified atom stereocenters. The van der Waals surface area contributed by atoms with Crippen molar-refractivity contribution in [1.29, 1.82) is 0 Å². The molecule has 0 saturated heterocycles. The Morgan fingerprint density at radius 1 is 0.857 bits per heavy atom. The molecule has 1 N–H and O–H groups in total. The molecule has 0 fully saturated rings. The highest BCUT2D eigenvalue weighted by Crippen LogP contribution is 2.23. The van der Waals surface area contributed by atoms with Crippen LogP contribution >= 0.6 is 0 Å². The number of rotatable bonds is 6. The molecule has 0 radical (unpaired) electrons. The Morgan fingerprint density at radius 2 is 1.50 bits per heavy atom. The van der Waals surface area contributed by atoms with Gasteiger partial charge in [0.1, 0.15) is 11.5 Å². The summed E-state index contributed by atoms with van der Waals surface area (Å²) < 4.78 is 53.6. The Morgan fingerprint density at radius 3 is 2.14 bits per heavy atom. The van der Waals surface area contributed by atoms with Gasteiger partial charge in [0.25, 0.3) is 5.91 Å². The number of para-hydroxylation sites is 1. The first-order valence-electron chi connectivity index (χ1n) is 8.13. The number of halogens is 2. The average Bonchev–Trinajstić information content (AvgIpc) is 2.69. The first-order valence-corrected chi connectivity index (χ1v) is 9.67. The van der Waals surface area contributed by atoms with Crippen LogP contribution in [0.2, 0.25) is 0 Å². The number of nitrogens with one attached hydrogen (secondary N) is 1. The Labute approximate surface area is 160 Å². The summed E-state index contributed by atoms with van der Waals surface area (Å²) in [4.78, 5) is 11.9. The standard InChI is InChI=1S/C20H15F2NO4S/c21-20(22)28(25,26)18-11-9-15(10-12-18)23-19(24)14-5-4-8-17(13-14)27-16-6-2-1-3-7-16/h1-13,20H,(H,23,24). The van der Waals surface area contributed by atoms with Crippen LogP contribution in [-0.4, -0.2) is 20.1 Å². The van der Waals surface area contributed by atoms with Crippen molar-refractivity contribution < 1.29 is 26.7 Å². The van der Waals surface area contributed by atoms with E-state index in [1.165, 1.54) is 12.1 Å². The molecule has 3 aromatic carbocycles. The molecule has 3 aromatic rings. The molecule has 0 aliphatic rings. The van der Waals surface area contributed by atoms with Crippen LogP contribution in [0, 0.1) is 0 Å². The van der Waals surface area contributed by atoms with Gasteiger partial charge < -0.3 is 10.1 Å². The van der Waals surface area contributed by atoms with E-state index in [1.54, 1.807) is 36.4 Å². The maximum absolute atomic E-state index is 12.6. The van der Waals surface area contributed by atoms with Crippen molar-refractivity contribution >= 4 is 21.4 Å². The Hall–Kier alpha value is -3.26. The number of carbonyl (C=O) groups excluding carboxylic acids is 1. The predicted molar refractivity (Wildman–Crippen MR) is 101 cm³/mol. The van der Waals surface area contributed by atoms with Gasteiger partial charge in [-0.05, 0) is 54.6 Å². The highest BCUT2D eigenvalue weighted by Gasteiger charge is 2.26. The predicted octanol–water partition coefficient (Wildman–Crippen LogP) is 4.73. The zero-order valence-electron chi connectivity index (χ0n) is 14.4. The minimum absolute atomic E-state index is 0.271. The molecule has 0 aliphatic carbocycles. The Kier molecular flexibility index (Phi) is 5.70. The van der Waals surface area contributed by atoms with Crippen LogP contribution in [-0.2, 0) is 9.84 Å². The number of hydrogen-bond donors (Lipinski definition) is 1. The van der Waals surface area contributed by atoms with Crippen molar-refractivity contribution in [3.05, 3.63) is 84.4 Å². The molecule has 0 saturated carbocycles. The minimum Gasteiger partial charge on any atom is -0.457 e. The molecular weight excluding hydrogens is 388 g/mol. The van der Waals surface area contributed by atoms with Gasteiger partial charge in [-0.1, -0.05) is 24.3 Å². The highest BCUT2D eigenvalue weighted by atomic mass is 32.2. The average molecular weight is 403 g/mol. The Bertz CT molecular complexity index is 1070. The van der Waals surface area contributed by atoms with Gasteiger partial charge in [0, 0.05) is 11.3 Å². The van der Waals surface area contributed by atoms with Crippen molar-refractivity contribution in [2.24, 2.45) is 0 Å². The van der Waals surface area contributed by atoms with Gasteiger partial charge in [-0.25, -0.2) is 8.42 Å². The summed E-state index contributed by atoms with van der Waals surface area (Å²) in [7, 11) is -4.67. The van der Waals surface area contributed by atoms with E-state index in [9.17, 15) is 22.0 Å². The molecule has 3 rings (SSSR count). The number of hydrogen-bond acceptors (Lipinski definition) is 4. The molecule has 0 aliphatic heterocycles. The molecule has 0 heterocycles. The molecule has 0 spiro atoms. The highest BCUT2D eigenvalue weighted by molar-refractivity contribution is 7.91. The lowest BCUT2D eigenvalue weighted by Gasteiger charge is -2.09. The zero-order chi connectivity index (χ0) is 20.1. The van der Waals surface area contributed by atoms with Crippen molar-refractivity contribution in [3.63, 3.8) is 0 Å². The second-order valence-corrected chi connectivity index (χ2v) is 7.64. The van der Waals surface area contributed by atoms with Crippen molar-refractivity contribution in [2.45, 2.75) is 10.7 Å². The Balaban J connectivity index is 1.72. The molecule has 28 heavy (non-hydrogen) atoms. The monoisotopic (exact) mass is 403 g/mol. The van der Waals surface area contributed by atoms with Crippen LogP contribution in [0.25, 0.3) is 0 Å². The summed E-state index contributed by atoms with van der Waals surface area (Å²) in [5.74, 6) is -2.86. The maximum Gasteiger partial charge on any atom is 0.341 e. The fourth-order valence-corrected chi connectivity index (χ4v) is 3.08. The molecule has 5 nitrogen and oxygen atoms in total. The number of carbonyl (C=O) groups is 1. The van der Waals surface area contributed by atoms with E-state index >= 15 is 0 Å². The normalized spacial score (nSPS) is 11.2. The van der Waals surface area contributed by atoms with Crippen LogP contribution in [0.15, 0.2) is 83.8 Å². The molecule has 0 aromatic heterocycles. The third-order valence-electron chi connectivity index (χ3n) is 3.75. The fraction of sp³-hybridized carbons (Fsp3) is 0.0500. The summed E-state index contributed by atoms with van der Waals surface area (Å²) in [6, 6.07) is 20.1. The number of alkyl halides is 2. The third-order valence-corrected chi connectivity index (χ3v) is 5.15. The lowest BCUT2D eigenvalue weighted by molar-refractivity contribution is 0.102. The summed E-state index contributed by atoms with van der Waals surface area (Å²) >= 11 is 0. The number of amides is 1. The molecule has 144 valence electrons. The van der Waals surface area contributed by atoms with Crippen molar-refractivity contribution in [2.75, 3.05) is 5.32 Å². The number of anilines is 1. The molecule has 0 bridgehead atoms. The van der Waals surface area contributed by atoms with E-state index in [-0.39, 0.29) is 5.69 Å². The molecule has 8 heteroatoms. The second kappa shape index (κ2) is 8.18. The van der Waals surface area contributed by atoms with E-state index in [0.29, 0.717) is 17.1 Å². The van der Waals surface area contributed by atoms with Crippen LogP contribution in [0.1, 0.15) is 10.4 Å². The van der Waals surface area contributed by atoms with Crippen LogP contribution in [0.5, 0.6) is 11.5 Å². The maximum atomic E-state index is 12.6. The van der Waals surface area contributed by atoms with E-state index in [0.717, 1.165) is 12.1 Å². The van der Waals surface area contributed by atoms with Gasteiger partial charge in [0.05, 0.1) is 4.90 Å². The first-order chi connectivity index (χ1) is 13.4. The second-order valence-electron chi connectivity index (χ2n) is 5.73. The van der Waals surface area contributed by atoms with Crippen molar-refractivity contribution in [3.8, 4) is 11.5 Å². The number of ether oxygens (including phenoxy) is 1. The lowest BCUT2D eigenvalue weighted by atomic mass is 10.2. The quantitative estimate of drug-likeness (QED) is 0.646. The van der Waals surface area contributed by atoms with Crippen LogP contribution < -0.4 is 10.1 Å². The largest absolute Gasteiger partial charge is 0.457 e. The van der Waals surface area contributed by atoms with Gasteiger partial charge in [-0.15, -0.1) is 0 Å². The third kappa shape index (κ3) is 4.52. The van der Waals surface area contributed by atoms with E-state index in [1.807, 2.05) is 18.2 Å². The lowest BCUT2D eigenvalue weighted by Crippen LogP contribution is -2.13. The molecule has 1 amide bonds. The number of benzene rings is 3. The topological polar surface area (TPSA) is 72.5 Å². The van der Waals surface area contributed by atoms with Gasteiger partial charge >= 0.3 is 5.76 Å². The van der Waals surface area contributed by atoms with Gasteiger partial charge in [-0.2, -0.15) is 8.78 Å². The van der Waals surface area contributed by atoms with Gasteiger partial charge in [0.15, 0.2) is 0 Å². The van der Waals surface area contributed by atoms with Gasteiger partial charge in [0.2, 0.25) is 9.84 Å². The van der Waals surface area contributed by atoms with E-state index < -0.39 is 26.4 Å². The minimum atomic E-state index is -4.67. The van der Waals surface area contributed by atoms with Crippen molar-refractivity contribution in [1.82, 2.24) is 0 Å². The van der Waals surface area contributed by atoms with Crippen LogP contribution in [0.3, 0.4) is 0 Å². The smallest absolute Gasteiger partial charge is 0.341 e. The van der Waals surface area contributed by atoms with Crippen LogP contribution in [0.4, 0.5) is 14.5 Å². The van der Waals surface area contributed by atoms with E-state index in [4.69, 9.17) is 4.74 Å².